The van der Waals surface area contributed by atoms with E-state index in [4.69, 9.17) is 0 Å². The minimum absolute atomic E-state index is 0.146. The first-order valence-corrected chi connectivity index (χ1v) is 2.92. The molecule has 0 saturated heterocycles. The van der Waals surface area contributed by atoms with Gasteiger partial charge in [-0.05, 0) is 6.42 Å². The van der Waals surface area contributed by atoms with Crippen LogP contribution in [-0.4, -0.2) is 21.8 Å². The van der Waals surface area contributed by atoms with Crippen LogP contribution in [0, 0.1) is 0 Å². The fourth-order valence-corrected chi connectivity index (χ4v) is 0.603. The maximum atomic E-state index is 11.6. The van der Waals surface area contributed by atoms with Crippen LogP contribution >= 0.6 is 0 Å². The highest BCUT2D eigenvalue weighted by Crippen LogP contribution is 2.03. The van der Waals surface area contributed by atoms with Gasteiger partial charge in [0.2, 0.25) is 6.43 Å². The van der Waals surface area contributed by atoms with Crippen LogP contribution in [0.4, 0.5) is 8.78 Å². The van der Waals surface area contributed by atoms with E-state index in [0.717, 1.165) is 0 Å². The summed E-state index contributed by atoms with van der Waals surface area (Å²) in [5, 5.41) is 9.45. The summed E-state index contributed by atoms with van der Waals surface area (Å²) < 4.78 is 23.1. The second-order valence-corrected chi connectivity index (χ2v) is 1.89. The second-order valence-electron chi connectivity index (χ2n) is 1.89. The van der Waals surface area contributed by atoms with Crippen molar-refractivity contribution in [1.29, 1.82) is 0 Å². The number of halogens is 2. The molecule has 10 heavy (non-hydrogen) atoms. The summed E-state index contributed by atoms with van der Waals surface area (Å²) >= 11 is 0. The Morgan fingerprint density at radius 2 is 2.40 bits per heavy atom. The standard InChI is InChI=1S/C5H7F2N3/c6-5(7)2-1-4-3-8-10-9-4/h3,5H,1-2H2,(H,8,9,10). The smallest absolute Gasteiger partial charge is 0.211 e. The first-order chi connectivity index (χ1) is 4.79. The highest BCUT2D eigenvalue weighted by atomic mass is 19.3. The van der Waals surface area contributed by atoms with Crippen molar-refractivity contribution in [1.82, 2.24) is 15.4 Å². The highest BCUT2D eigenvalue weighted by molar-refractivity contribution is 4.89. The number of aromatic nitrogens is 3. The summed E-state index contributed by atoms with van der Waals surface area (Å²) in [4.78, 5) is 0. The van der Waals surface area contributed by atoms with E-state index in [-0.39, 0.29) is 12.8 Å². The van der Waals surface area contributed by atoms with Gasteiger partial charge in [0, 0.05) is 6.42 Å². The van der Waals surface area contributed by atoms with E-state index in [2.05, 4.69) is 15.4 Å². The van der Waals surface area contributed by atoms with Crippen molar-refractivity contribution in [3.8, 4) is 0 Å². The van der Waals surface area contributed by atoms with Crippen molar-refractivity contribution in [2.45, 2.75) is 19.3 Å². The number of nitrogens with zero attached hydrogens (tertiary/aromatic N) is 2. The molecule has 1 N–H and O–H groups in total. The number of nitrogens with one attached hydrogen (secondary N) is 1. The third-order valence-electron chi connectivity index (χ3n) is 1.08. The van der Waals surface area contributed by atoms with Crippen LogP contribution in [0.15, 0.2) is 6.20 Å². The number of aromatic amines is 1. The molecule has 1 heterocycles. The summed E-state index contributed by atoms with van der Waals surface area (Å²) in [6.07, 6.45) is -0.667. The Kier molecular flexibility index (Phi) is 2.30. The Bertz CT molecular complexity index is 173. The lowest BCUT2D eigenvalue weighted by atomic mass is 10.2. The van der Waals surface area contributed by atoms with Crippen LogP contribution in [0.1, 0.15) is 12.1 Å². The predicted octanol–water partition coefficient (Wildman–Crippen LogP) is 1.00. The Balaban J connectivity index is 2.28. The van der Waals surface area contributed by atoms with Crippen molar-refractivity contribution in [3.05, 3.63) is 11.9 Å². The van der Waals surface area contributed by atoms with Gasteiger partial charge in [0.1, 0.15) is 0 Å². The van der Waals surface area contributed by atoms with Gasteiger partial charge in [-0.3, -0.25) is 0 Å². The molecule has 0 unspecified atom stereocenters. The Morgan fingerprint density at radius 1 is 1.60 bits per heavy atom. The quantitative estimate of drug-likeness (QED) is 0.693. The Hall–Kier alpha value is -1.00. The molecule has 0 fully saturated rings. The zero-order chi connectivity index (χ0) is 7.40. The lowest BCUT2D eigenvalue weighted by Crippen LogP contribution is -1.94. The molecular weight excluding hydrogens is 140 g/mol. The first-order valence-electron chi connectivity index (χ1n) is 2.92. The number of H-pyrrole nitrogens is 1. The van der Waals surface area contributed by atoms with Gasteiger partial charge in [-0.2, -0.15) is 15.4 Å². The molecule has 5 heteroatoms. The highest BCUT2D eigenvalue weighted by Gasteiger charge is 2.03. The molecule has 56 valence electrons. The van der Waals surface area contributed by atoms with E-state index in [0.29, 0.717) is 5.69 Å². The molecule has 3 nitrogen and oxygen atoms in total. The predicted molar refractivity (Wildman–Crippen MR) is 30.7 cm³/mol. The third-order valence-corrected chi connectivity index (χ3v) is 1.08. The molecular formula is C5H7F2N3. The van der Waals surface area contributed by atoms with E-state index >= 15 is 0 Å². The van der Waals surface area contributed by atoms with Gasteiger partial charge in [0.25, 0.3) is 0 Å². The van der Waals surface area contributed by atoms with Crippen molar-refractivity contribution < 1.29 is 8.78 Å². The van der Waals surface area contributed by atoms with Crippen molar-refractivity contribution in [3.63, 3.8) is 0 Å². The van der Waals surface area contributed by atoms with E-state index in [1.165, 1.54) is 6.20 Å². The van der Waals surface area contributed by atoms with Crippen LogP contribution < -0.4 is 0 Å². The molecule has 0 radical (unpaired) electrons. The monoisotopic (exact) mass is 147 g/mol. The zero-order valence-electron chi connectivity index (χ0n) is 5.22. The summed E-state index contributed by atoms with van der Waals surface area (Å²) in [5.41, 5.74) is 0.584. The average Bonchev–Trinajstić information content (AvgIpc) is 2.34. The molecule has 0 aliphatic heterocycles. The molecule has 0 saturated carbocycles. The summed E-state index contributed by atoms with van der Waals surface area (Å²) in [7, 11) is 0. The molecule has 0 atom stereocenters. The van der Waals surface area contributed by atoms with Crippen molar-refractivity contribution in [2.75, 3.05) is 0 Å². The summed E-state index contributed by atoms with van der Waals surface area (Å²) in [5.74, 6) is 0. The number of hydrogen-bond acceptors (Lipinski definition) is 2. The molecule has 0 bridgehead atoms. The molecule has 1 rings (SSSR count). The second kappa shape index (κ2) is 3.24. The average molecular weight is 147 g/mol. The van der Waals surface area contributed by atoms with Gasteiger partial charge in [-0.15, -0.1) is 0 Å². The molecule has 0 aromatic carbocycles. The maximum Gasteiger partial charge on any atom is 0.239 e. The lowest BCUT2D eigenvalue weighted by Gasteiger charge is -1.92. The Morgan fingerprint density at radius 3 is 2.90 bits per heavy atom. The summed E-state index contributed by atoms with van der Waals surface area (Å²) in [6.45, 7) is 0. The van der Waals surface area contributed by atoms with Crippen molar-refractivity contribution in [2.24, 2.45) is 0 Å². The minimum Gasteiger partial charge on any atom is -0.211 e. The van der Waals surface area contributed by atoms with Gasteiger partial charge >= 0.3 is 0 Å². The largest absolute Gasteiger partial charge is 0.239 e. The van der Waals surface area contributed by atoms with Crippen LogP contribution in [-0.2, 0) is 6.42 Å². The minimum atomic E-state index is -2.25. The van der Waals surface area contributed by atoms with Crippen LogP contribution in [0.3, 0.4) is 0 Å². The number of hydrogen-bond donors (Lipinski definition) is 1. The van der Waals surface area contributed by atoms with Crippen LogP contribution in [0.25, 0.3) is 0 Å². The molecule has 1 aromatic heterocycles. The van der Waals surface area contributed by atoms with Gasteiger partial charge in [-0.1, -0.05) is 0 Å². The number of rotatable bonds is 3. The number of alkyl halides is 2. The van der Waals surface area contributed by atoms with E-state index in [1.54, 1.807) is 0 Å². The number of aryl methyl sites for hydroxylation is 1. The molecule has 0 aliphatic carbocycles. The normalized spacial score (nSPS) is 10.7. The first kappa shape index (κ1) is 7.11. The third kappa shape index (κ3) is 2.08. The fourth-order valence-electron chi connectivity index (χ4n) is 0.603. The van der Waals surface area contributed by atoms with Gasteiger partial charge in [0.05, 0.1) is 11.9 Å². The van der Waals surface area contributed by atoms with Crippen LogP contribution in [0.2, 0.25) is 0 Å². The molecule has 0 aliphatic rings. The van der Waals surface area contributed by atoms with E-state index < -0.39 is 6.43 Å². The maximum absolute atomic E-state index is 11.6. The van der Waals surface area contributed by atoms with Gasteiger partial charge in [0.15, 0.2) is 0 Å². The summed E-state index contributed by atoms with van der Waals surface area (Å²) in [6, 6.07) is 0. The topological polar surface area (TPSA) is 41.6 Å². The SMILES string of the molecule is FC(F)CCc1cn[nH]n1. The fraction of sp³-hybridized carbons (Fsp3) is 0.600. The lowest BCUT2D eigenvalue weighted by molar-refractivity contribution is 0.137. The van der Waals surface area contributed by atoms with Crippen LogP contribution in [0.5, 0.6) is 0 Å². The Labute approximate surface area is 56.4 Å². The molecule has 1 aromatic rings. The van der Waals surface area contributed by atoms with E-state index in [9.17, 15) is 8.78 Å². The van der Waals surface area contributed by atoms with E-state index in [1.807, 2.05) is 0 Å². The zero-order valence-corrected chi connectivity index (χ0v) is 5.22. The van der Waals surface area contributed by atoms with Gasteiger partial charge < -0.3 is 0 Å². The molecule has 0 spiro atoms. The van der Waals surface area contributed by atoms with Gasteiger partial charge in [-0.25, -0.2) is 8.78 Å². The van der Waals surface area contributed by atoms with Crippen molar-refractivity contribution >= 4 is 0 Å². The molecule has 0 amide bonds.